The summed E-state index contributed by atoms with van der Waals surface area (Å²) in [6, 6.07) is 4.80. The molecular weight excluding hydrogens is 360 g/mol. The zero-order chi connectivity index (χ0) is 18.2. The van der Waals surface area contributed by atoms with Crippen molar-refractivity contribution in [3.05, 3.63) is 23.8 Å². The van der Waals surface area contributed by atoms with Crippen LogP contribution in [0.25, 0.3) is 0 Å². The molecular formula is C17H26N2O4S2. The van der Waals surface area contributed by atoms with Gasteiger partial charge >= 0.3 is 0 Å². The van der Waals surface area contributed by atoms with Crippen molar-refractivity contribution >= 4 is 19.9 Å². The Balaban J connectivity index is 1.80. The molecule has 140 valence electrons. The average molecular weight is 387 g/mol. The number of sulfonamides is 1. The van der Waals surface area contributed by atoms with Crippen LogP contribution in [0.2, 0.25) is 0 Å². The van der Waals surface area contributed by atoms with Gasteiger partial charge in [0.25, 0.3) is 0 Å². The first kappa shape index (κ1) is 18.8. The van der Waals surface area contributed by atoms with E-state index in [9.17, 15) is 16.8 Å². The van der Waals surface area contributed by atoms with Crippen LogP contribution in [0.1, 0.15) is 31.2 Å². The van der Waals surface area contributed by atoms with Gasteiger partial charge in [0.05, 0.1) is 9.79 Å². The number of aryl methyl sites for hydroxylation is 1. The van der Waals surface area contributed by atoms with Crippen molar-refractivity contribution in [1.29, 1.82) is 0 Å². The van der Waals surface area contributed by atoms with Crippen LogP contribution in [-0.4, -0.2) is 64.5 Å². The average Bonchev–Trinajstić information content (AvgIpc) is 3.08. The quantitative estimate of drug-likeness (QED) is 0.787. The minimum absolute atomic E-state index is 0.0450. The van der Waals surface area contributed by atoms with Crippen LogP contribution in [0.15, 0.2) is 28.0 Å². The lowest BCUT2D eigenvalue weighted by Crippen LogP contribution is -2.45. The van der Waals surface area contributed by atoms with Crippen molar-refractivity contribution in [2.75, 3.05) is 32.4 Å². The van der Waals surface area contributed by atoms with Crippen molar-refractivity contribution in [1.82, 2.24) is 9.21 Å². The third-order valence-corrected chi connectivity index (χ3v) is 8.44. The zero-order valence-corrected chi connectivity index (χ0v) is 16.4. The van der Waals surface area contributed by atoms with Crippen molar-refractivity contribution in [3.8, 4) is 0 Å². The van der Waals surface area contributed by atoms with E-state index in [4.69, 9.17) is 0 Å². The van der Waals surface area contributed by atoms with Gasteiger partial charge in [0.2, 0.25) is 10.0 Å². The lowest BCUT2D eigenvalue weighted by Gasteiger charge is -2.36. The summed E-state index contributed by atoms with van der Waals surface area (Å²) in [5.41, 5.74) is 0.578. The largest absolute Gasteiger partial charge is 0.300 e. The van der Waals surface area contributed by atoms with Crippen molar-refractivity contribution < 1.29 is 16.8 Å². The Morgan fingerprint density at radius 1 is 0.960 bits per heavy atom. The molecule has 2 heterocycles. The first-order valence-corrected chi connectivity index (χ1v) is 12.1. The molecule has 0 aromatic heterocycles. The Bertz CT molecular complexity index is 835. The molecule has 0 amide bonds. The van der Waals surface area contributed by atoms with Crippen LogP contribution in [0, 0.1) is 6.92 Å². The molecule has 8 heteroatoms. The molecule has 0 bridgehead atoms. The number of benzene rings is 1. The summed E-state index contributed by atoms with van der Waals surface area (Å²) in [5.74, 6) is 0. The maximum atomic E-state index is 13.0. The van der Waals surface area contributed by atoms with Crippen LogP contribution in [0.5, 0.6) is 0 Å². The molecule has 0 radical (unpaired) electrons. The van der Waals surface area contributed by atoms with E-state index in [1.807, 2.05) is 0 Å². The number of nitrogens with zero attached hydrogens (tertiary/aromatic N) is 2. The number of sulfone groups is 1. The van der Waals surface area contributed by atoms with Gasteiger partial charge in [0.15, 0.2) is 9.84 Å². The van der Waals surface area contributed by atoms with Crippen LogP contribution in [0.4, 0.5) is 0 Å². The van der Waals surface area contributed by atoms with Gasteiger partial charge in [0.1, 0.15) is 0 Å². The summed E-state index contributed by atoms with van der Waals surface area (Å²) < 4.78 is 51.1. The third-order valence-electron chi connectivity index (χ3n) is 5.29. The normalized spacial score (nSPS) is 21.7. The van der Waals surface area contributed by atoms with Crippen molar-refractivity contribution in [2.24, 2.45) is 0 Å². The van der Waals surface area contributed by atoms with Gasteiger partial charge in [-0.05, 0) is 63.4 Å². The monoisotopic (exact) mass is 386 g/mol. The summed E-state index contributed by atoms with van der Waals surface area (Å²) in [6.45, 7) is 4.92. The van der Waals surface area contributed by atoms with E-state index < -0.39 is 19.9 Å². The molecule has 1 aromatic carbocycles. The standard InChI is InChI=1S/C17H26N2O4S2/c1-14-5-6-16(24(2,20)21)13-17(14)25(22,23)19-11-7-15(8-12-19)18-9-3-4-10-18/h5-6,13,15H,3-4,7-12H2,1-2H3. The second-order valence-corrected chi connectivity index (χ2v) is 11.0. The summed E-state index contributed by atoms with van der Waals surface area (Å²) in [6.07, 6.45) is 5.23. The van der Waals surface area contributed by atoms with E-state index in [1.165, 1.54) is 29.3 Å². The third kappa shape index (κ3) is 3.92. The highest BCUT2D eigenvalue weighted by Gasteiger charge is 2.33. The SMILES string of the molecule is Cc1ccc(S(C)(=O)=O)cc1S(=O)(=O)N1CCC(N2CCCC2)CC1. The number of rotatable bonds is 4. The van der Waals surface area contributed by atoms with E-state index in [2.05, 4.69) is 4.90 Å². The molecule has 0 spiro atoms. The second-order valence-electron chi connectivity index (χ2n) is 7.08. The summed E-state index contributed by atoms with van der Waals surface area (Å²) in [4.78, 5) is 2.62. The van der Waals surface area contributed by atoms with Gasteiger partial charge in [-0.15, -0.1) is 0 Å². The Morgan fingerprint density at radius 2 is 1.56 bits per heavy atom. The minimum atomic E-state index is -3.67. The van der Waals surface area contributed by atoms with E-state index in [1.54, 1.807) is 13.0 Å². The van der Waals surface area contributed by atoms with Crippen LogP contribution in [-0.2, 0) is 19.9 Å². The number of hydrogen-bond acceptors (Lipinski definition) is 5. The molecule has 2 saturated heterocycles. The van der Waals surface area contributed by atoms with Crippen LogP contribution >= 0.6 is 0 Å². The van der Waals surface area contributed by atoms with Gasteiger partial charge in [-0.2, -0.15) is 4.31 Å². The molecule has 0 N–H and O–H groups in total. The Kier molecular flexibility index (Phi) is 5.26. The van der Waals surface area contributed by atoms with Crippen molar-refractivity contribution in [3.63, 3.8) is 0 Å². The fraction of sp³-hybridized carbons (Fsp3) is 0.647. The predicted octanol–water partition coefficient (Wildman–Crippen LogP) is 1.65. The van der Waals surface area contributed by atoms with Crippen LogP contribution < -0.4 is 0 Å². The van der Waals surface area contributed by atoms with Gasteiger partial charge in [-0.3, -0.25) is 0 Å². The maximum Gasteiger partial charge on any atom is 0.243 e. The smallest absolute Gasteiger partial charge is 0.243 e. The lowest BCUT2D eigenvalue weighted by atomic mass is 10.1. The topological polar surface area (TPSA) is 74.8 Å². The fourth-order valence-electron chi connectivity index (χ4n) is 3.78. The summed E-state index contributed by atoms with van der Waals surface area (Å²) in [5, 5.41) is 0. The molecule has 0 atom stereocenters. The zero-order valence-electron chi connectivity index (χ0n) is 14.8. The van der Waals surface area contributed by atoms with Gasteiger partial charge in [0, 0.05) is 25.4 Å². The highest BCUT2D eigenvalue weighted by atomic mass is 32.2. The molecule has 6 nitrogen and oxygen atoms in total. The molecule has 2 fully saturated rings. The molecule has 1 aromatic rings. The number of hydrogen-bond donors (Lipinski definition) is 0. The molecule has 25 heavy (non-hydrogen) atoms. The van der Waals surface area contributed by atoms with E-state index >= 15 is 0 Å². The molecule has 3 rings (SSSR count). The lowest BCUT2D eigenvalue weighted by molar-refractivity contribution is 0.168. The van der Waals surface area contributed by atoms with Crippen molar-refractivity contribution in [2.45, 2.75) is 48.4 Å². The van der Waals surface area contributed by atoms with E-state index in [-0.39, 0.29) is 9.79 Å². The summed E-state index contributed by atoms with van der Waals surface area (Å²) in [7, 11) is -7.11. The number of likely N-dealkylation sites (tertiary alicyclic amines) is 1. The first-order valence-electron chi connectivity index (χ1n) is 8.74. The predicted molar refractivity (Wildman–Crippen MR) is 96.9 cm³/mol. The minimum Gasteiger partial charge on any atom is -0.300 e. The molecule has 2 aliphatic rings. The maximum absolute atomic E-state index is 13.0. The highest BCUT2D eigenvalue weighted by Crippen LogP contribution is 2.28. The summed E-state index contributed by atoms with van der Waals surface area (Å²) >= 11 is 0. The molecule has 2 aliphatic heterocycles. The second kappa shape index (κ2) is 6.98. The molecule has 0 aliphatic carbocycles. The van der Waals surface area contributed by atoms with E-state index in [0.29, 0.717) is 24.7 Å². The highest BCUT2D eigenvalue weighted by molar-refractivity contribution is 7.91. The van der Waals surface area contributed by atoms with Gasteiger partial charge in [-0.1, -0.05) is 6.07 Å². The number of piperidine rings is 1. The van der Waals surface area contributed by atoms with E-state index in [0.717, 1.165) is 32.2 Å². The Labute approximate surface area is 150 Å². The Hall–Kier alpha value is -0.960. The first-order chi connectivity index (χ1) is 11.7. The Morgan fingerprint density at radius 3 is 2.12 bits per heavy atom. The van der Waals surface area contributed by atoms with Gasteiger partial charge in [-0.25, -0.2) is 16.8 Å². The van der Waals surface area contributed by atoms with Gasteiger partial charge < -0.3 is 4.90 Å². The van der Waals surface area contributed by atoms with Crippen LogP contribution in [0.3, 0.4) is 0 Å². The molecule has 0 saturated carbocycles. The molecule has 0 unspecified atom stereocenters. The fourth-order valence-corrected chi connectivity index (χ4v) is 6.22.